The van der Waals surface area contributed by atoms with Crippen molar-refractivity contribution in [3.05, 3.63) is 23.8 Å². The molecule has 0 saturated carbocycles. The maximum Gasteiger partial charge on any atom is 0.347 e. The monoisotopic (exact) mass is 295 g/mol. The van der Waals surface area contributed by atoms with Crippen molar-refractivity contribution >= 4 is 17.6 Å². The summed E-state index contributed by atoms with van der Waals surface area (Å²) >= 11 is 0. The Morgan fingerprint density at radius 1 is 1.29 bits per heavy atom. The van der Waals surface area contributed by atoms with E-state index in [2.05, 4.69) is 4.74 Å². The van der Waals surface area contributed by atoms with Gasteiger partial charge in [0.2, 0.25) is 0 Å². The first-order valence-electron chi connectivity index (χ1n) is 6.84. The molecule has 0 aliphatic heterocycles. The summed E-state index contributed by atoms with van der Waals surface area (Å²) < 4.78 is 15.2. The van der Waals surface area contributed by atoms with Crippen molar-refractivity contribution in [3.63, 3.8) is 0 Å². The average Bonchev–Trinajstić information content (AvgIpc) is 2.48. The maximum absolute atomic E-state index is 11.8. The zero-order valence-corrected chi connectivity index (χ0v) is 12.5. The second-order valence-corrected chi connectivity index (χ2v) is 4.39. The largest absolute Gasteiger partial charge is 0.477 e. The SMILES string of the molecule is CCCC(Oc1cc(C(=O)OC)ccc1N)C(=O)OCC. The summed E-state index contributed by atoms with van der Waals surface area (Å²) in [7, 11) is 1.29. The predicted octanol–water partition coefficient (Wildman–Crippen LogP) is 2.17. The van der Waals surface area contributed by atoms with Gasteiger partial charge >= 0.3 is 11.9 Å². The molecule has 0 heterocycles. The molecule has 0 amide bonds. The van der Waals surface area contributed by atoms with Crippen LogP contribution in [0.4, 0.5) is 5.69 Å². The van der Waals surface area contributed by atoms with Gasteiger partial charge in [-0.25, -0.2) is 9.59 Å². The summed E-state index contributed by atoms with van der Waals surface area (Å²) in [4.78, 5) is 23.4. The molecule has 0 spiro atoms. The van der Waals surface area contributed by atoms with Crippen LogP contribution in [0.15, 0.2) is 18.2 Å². The molecule has 1 aromatic rings. The minimum absolute atomic E-state index is 0.268. The third kappa shape index (κ3) is 4.66. The van der Waals surface area contributed by atoms with Gasteiger partial charge in [-0.3, -0.25) is 0 Å². The number of ether oxygens (including phenoxy) is 3. The van der Waals surface area contributed by atoms with Crippen LogP contribution < -0.4 is 10.5 Å². The van der Waals surface area contributed by atoms with Crippen LogP contribution in [0, 0.1) is 0 Å². The molecule has 1 atom stereocenters. The number of carbonyl (C=O) groups excluding carboxylic acids is 2. The van der Waals surface area contributed by atoms with E-state index in [9.17, 15) is 9.59 Å². The molecule has 2 N–H and O–H groups in total. The number of rotatable bonds is 7. The van der Waals surface area contributed by atoms with Gasteiger partial charge in [0.25, 0.3) is 0 Å². The number of nitrogens with two attached hydrogens (primary N) is 1. The van der Waals surface area contributed by atoms with E-state index in [4.69, 9.17) is 15.2 Å². The normalized spacial score (nSPS) is 11.6. The Kier molecular flexibility index (Phi) is 6.52. The molecule has 21 heavy (non-hydrogen) atoms. The molecule has 1 aromatic carbocycles. The smallest absolute Gasteiger partial charge is 0.347 e. The highest BCUT2D eigenvalue weighted by Crippen LogP contribution is 2.25. The van der Waals surface area contributed by atoms with Crippen LogP contribution >= 0.6 is 0 Å². The van der Waals surface area contributed by atoms with Crippen molar-refractivity contribution in [1.82, 2.24) is 0 Å². The molecular formula is C15H21NO5. The number of hydrogen-bond donors (Lipinski definition) is 1. The first-order valence-corrected chi connectivity index (χ1v) is 6.84. The average molecular weight is 295 g/mol. The van der Waals surface area contributed by atoms with E-state index in [-0.39, 0.29) is 12.4 Å². The minimum Gasteiger partial charge on any atom is -0.477 e. The number of hydrogen-bond acceptors (Lipinski definition) is 6. The fraction of sp³-hybridized carbons (Fsp3) is 0.467. The molecule has 6 nitrogen and oxygen atoms in total. The Hall–Kier alpha value is -2.24. The number of nitrogen functional groups attached to an aromatic ring is 1. The van der Waals surface area contributed by atoms with Gasteiger partial charge in [0, 0.05) is 0 Å². The van der Waals surface area contributed by atoms with Crippen molar-refractivity contribution in [2.75, 3.05) is 19.5 Å². The first kappa shape index (κ1) is 16.8. The third-order valence-electron chi connectivity index (χ3n) is 2.80. The molecule has 0 bridgehead atoms. The van der Waals surface area contributed by atoms with Gasteiger partial charge in [-0.05, 0) is 31.5 Å². The minimum atomic E-state index is -0.745. The highest BCUT2D eigenvalue weighted by molar-refractivity contribution is 5.90. The Bertz CT molecular complexity index is 501. The third-order valence-corrected chi connectivity index (χ3v) is 2.80. The predicted molar refractivity (Wildman–Crippen MR) is 78.2 cm³/mol. The first-order chi connectivity index (χ1) is 10.0. The van der Waals surface area contributed by atoms with Gasteiger partial charge in [-0.2, -0.15) is 0 Å². The summed E-state index contributed by atoms with van der Waals surface area (Å²) in [5.41, 5.74) is 6.47. The maximum atomic E-state index is 11.8. The lowest BCUT2D eigenvalue weighted by atomic mass is 10.1. The molecule has 0 aromatic heterocycles. The van der Waals surface area contributed by atoms with E-state index in [1.807, 2.05) is 6.92 Å². The van der Waals surface area contributed by atoms with E-state index >= 15 is 0 Å². The van der Waals surface area contributed by atoms with Crippen molar-refractivity contribution in [2.45, 2.75) is 32.8 Å². The lowest BCUT2D eigenvalue weighted by Crippen LogP contribution is -2.29. The van der Waals surface area contributed by atoms with Crippen molar-refractivity contribution < 1.29 is 23.8 Å². The summed E-state index contributed by atoms with van der Waals surface area (Å²) in [5.74, 6) is -0.672. The zero-order chi connectivity index (χ0) is 15.8. The number of benzene rings is 1. The lowest BCUT2D eigenvalue weighted by molar-refractivity contribution is -0.151. The Labute approximate surface area is 124 Å². The quantitative estimate of drug-likeness (QED) is 0.612. The van der Waals surface area contributed by atoms with E-state index in [1.165, 1.54) is 25.3 Å². The fourth-order valence-electron chi connectivity index (χ4n) is 1.76. The molecule has 1 unspecified atom stereocenters. The Morgan fingerprint density at radius 2 is 2.00 bits per heavy atom. The molecule has 0 saturated heterocycles. The summed E-state index contributed by atoms with van der Waals surface area (Å²) in [5, 5.41) is 0. The van der Waals surface area contributed by atoms with Gasteiger partial charge < -0.3 is 19.9 Å². The highest BCUT2D eigenvalue weighted by Gasteiger charge is 2.22. The van der Waals surface area contributed by atoms with E-state index in [0.29, 0.717) is 17.7 Å². The van der Waals surface area contributed by atoms with Gasteiger partial charge in [-0.15, -0.1) is 0 Å². The van der Waals surface area contributed by atoms with Crippen LogP contribution in [0.25, 0.3) is 0 Å². The molecule has 0 fully saturated rings. The summed E-state index contributed by atoms with van der Waals surface area (Å²) in [6, 6.07) is 4.53. The number of methoxy groups -OCH3 is 1. The number of esters is 2. The van der Waals surface area contributed by atoms with E-state index in [1.54, 1.807) is 6.92 Å². The van der Waals surface area contributed by atoms with Crippen LogP contribution in [-0.2, 0) is 14.3 Å². The lowest BCUT2D eigenvalue weighted by Gasteiger charge is -2.18. The van der Waals surface area contributed by atoms with Crippen LogP contribution in [0.5, 0.6) is 5.75 Å². The molecule has 1 rings (SSSR count). The molecule has 0 aliphatic carbocycles. The fourth-order valence-corrected chi connectivity index (χ4v) is 1.76. The highest BCUT2D eigenvalue weighted by atomic mass is 16.6. The van der Waals surface area contributed by atoms with Crippen LogP contribution in [0.2, 0.25) is 0 Å². The Balaban J connectivity index is 2.96. The number of anilines is 1. The van der Waals surface area contributed by atoms with Gasteiger partial charge in [-0.1, -0.05) is 13.3 Å². The second-order valence-electron chi connectivity index (χ2n) is 4.39. The van der Waals surface area contributed by atoms with Gasteiger partial charge in [0.1, 0.15) is 5.75 Å². The van der Waals surface area contributed by atoms with Crippen LogP contribution in [0.3, 0.4) is 0 Å². The standard InChI is InChI=1S/C15H21NO5/c1-4-6-12(15(18)20-5-2)21-13-9-10(14(17)19-3)7-8-11(13)16/h7-9,12H,4-6,16H2,1-3H3. The zero-order valence-electron chi connectivity index (χ0n) is 12.5. The van der Waals surface area contributed by atoms with E-state index in [0.717, 1.165) is 6.42 Å². The summed E-state index contributed by atoms with van der Waals surface area (Å²) in [6.45, 7) is 3.94. The van der Waals surface area contributed by atoms with Gasteiger partial charge in [0.15, 0.2) is 6.10 Å². The van der Waals surface area contributed by atoms with Gasteiger partial charge in [0.05, 0.1) is 25.0 Å². The summed E-state index contributed by atoms with van der Waals surface area (Å²) in [6.07, 6.45) is 0.506. The molecule has 0 radical (unpaired) electrons. The van der Waals surface area contributed by atoms with Crippen LogP contribution in [-0.4, -0.2) is 31.8 Å². The van der Waals surface area contributed by atoms with Crippen molar-refractivity contribution in [1.29, 1.82) is 0 Å². The van der Waals surface area contributed by atoms with Crippen molar-refractivity contribution in [3.8, 4) is 5.75 Å². The molecule has 0 aliphatic rings. The number of carbonyl (C=O) groups is 2. The second kappa shape index (κ2) is 8.14. The Morgan fingerprint density at radius 3 is 2.57 bits per heavy atom. The molecular weight excluding hydrogens is 274 g/mol. The molecule has 116 valence electrons. The van der Waals surface area contributed by atoms with Crippen LogP contribution in [0.1, 0.15) is 37.0 Å². The molecule has 6 heteroatoms. The van der Waals surface area contributed by atoms with Crippen molar-refractivity contribution in [2.24, 2.45) is 0 Å². The van der Waals surface area contributed by atoms with E-state index < -0.39 is 18.0 Å². The topological polar surface area (TPSA) is 87.9 Å².